The Morgan fingerprint density at radius 2 is 1.77 bits per heavy atom. The van der Waals surface area contributed by atoms with Crippen LogP contribution in [0.15, 0.2) is 47.6 Å². The van der Waals surface area contributed by atoms with Gasteiger partial charge in [-0.2, -0.15) is 18.0 Å². The summed E-state index contributed by atoms with van der Waals surface area (Å²) in [5, 5.41) is 13.5. The molecule has 4 amide bonds. The molecule has 1 aliphatic heterocycles. The van der Waals surface area contributed by atoms with Gasteiger partial charge in [-0.1, -0.05) is 5.16 Å². The molecule has 3 aromatic rings. The highest BCUT2D eigenvalue weighted by Crippen LogP contribution is 2.33. The lowest BCUT2D eigenvalue weighted by Gasteiger charge is -2.50. The van der Waals surface area contributed by atoms with Crippen molar-refractivity contribution in [3.8, 4) is 11.6 Å². The molecular weight excluding hydrogens is 779 g/mol. The molecule has 56 heavy (non-hydrogen) atoms. The zero-order valence-corrected chi connectivity index (χ0v) is 33.7. The molecule has 0 radical (unpaired) electrons. The fourth-order valence-electron chi connectivity index (χ4n) is 4.80. The first-order valence-electron chi connectivity index (χ1n) is 17.1. The van der Waals surface area contributed by atoms with Crippen LogP contribution in [0.25, 0.3) is 5.82 Å². The van der Waals surface area contributed by atoms with Gasteiger partial charge < -0.3 is 29.7 Å². The van der Waals surface area contributed by atoms with Gasteiger partial charge in [0.15, 0.2) is 17.5 Å². The number of oxime groups is 1. The maximum absolute atomic E-state index is 13.4. The lowest BCUT2D eigenvalue weighted by Crippen LogP contribution is -2.76. The van der Waals surface area contributed by atoms with Gasteiger partial charge in [0.25, 0.3) is 11.8 Å². The summed E-state index contributed by atoms with van der Waals surface area (Å²) in [6, 6.07) is 2.17. The van der Waals surface area contributed by atoms with Crippen LogP contribution in [-0.2, 0) is 45.1 Å². The molecular formula is C33H46N9O12S2+. The number of aromatic nitrogens is 4. The number of nitrogens with zero attached hydrogens (tertiary/aromatic N) is 6. The Labute approximate surface area is 327 Å². The van der Waals surface area contributed by atoms with Crippen LogP contribution in [-0.4, -0.2) is 105 Å². The third kappa shape index (κ3) is 12.8. The second-order valence-corrected chi connectivity index (χ2v) is 16.5. The lowest BCUT2D eigenvalue weighted by atomic mass is 9.84. The van der Waals surface area contributed by atoms with E-state index in [1.165, 1.54) is 25.4 Å². The monoisotopic (exact) mass is 824 g/mol. The van der Waals surface area contributed by atoms with Crippen LogP contribution >= 0.6 is 11.3 Å². The highest BCUT2D eigenvalue weighted by molar-refractivity contribution is 7.80. The first kappa shape index (κ1) is 43.3. The molecule has 4 heterocycles. The van der Waals surface area contributed by atoms with Crippen molar-refractivity contribution in [3.05, 3.63) is 48.1 Å². The Kier molecular flexibility index (Phi) is 13.6. The average molecular weight is 825 g/mol. The number of nitrogens with one attached hydrogen (secondary N) is 3. The van der Waals surface area contributed by atoms with Gasteiger partial charge in [0.2, 0.25) is 12.1 Å². The number of carbonyl (C=O) groups excluding carboxylic acids is 4. The fraction of sp³-hybridized carbons (Fsp3) is 0.515. The molecule has 1 unspecified atom stereocenters. The van der Waals surface area contributed by atoms with Gasteiger partial charge in [-0.3, -0.25) is 19.5 Å². The maximum Gasteiger partial charge on any atom is 0.418 e. The normalized spacial score (nSPS) is 15.7. The van der Waals surface area contributed by atoms with Crippen LogP contribution in [0.4, 0.5) is 14.7 Å². The zero-order chi connectivity index (χ0) is 41.5. The third-order valence-electron chi connectivity index (χ3n) is 7.23. The molecule has 1 atom stereocenters. The van der Waals surface area contributed by atoms with Gasteiger partial charge >= 0.3 is 22.6 Å². The molecule has 0 spiro atoms. The molecule has 1 saturated heterocycles. The predicted octanol–water partition coefficient (Wildman–Crippen LogP) is 2.52. The number of carbonyl (C=O) groups is 4. The minimum absolute atomic E-state index is 0.0150. The van der Waals surface area contributed by atoms with Gasteiger partial charge in [0.05, 0.1) is 18.3 Å². The number of imidazole rings is 1. The van der Waals surface area contributed by atoms with Crippen molar-refractivity contribution < 1.29 is 60.0 Å². The van der Waals surface area contributed by atoms with Crippen molar-refractivity contribution in [2.45, 2.75) is 91.1 Å². The molecule has 306 valence electrons. The number of alkyl carbamates (subject to hydrolysis) is 1. The van der Waals surface area contributed by atoms with E-state index in [0.29, 0.717) is 36.1 Å². The summed E-state index contributed by atoms with van der Waals surface area (Å²) in [6.45, 7) is 14.2. The smallest absolute Gasteiger partial charge is 0.418 e. The van der Waals surface area contributed by atoms with E-state index in [1.54, 1.807) is 53.7 Å². The number of hydrogen-bond donors (Lipinski definition) is 4. The van der Waals surface area contributed by atoms with Crippen LogP contribution in [0, 0.1) is 0 Å². The molecule has 0 bridgehead atoms. The predicted molar refractivity (Wildman–Crippen MR) is 198 cm³/mol. The summed E-state index contributed by atoms with van der Waals surface area (Å²) in [4.78, 5) is 64.2. The Morgan fingerprint density at radius 3 is 2.39 bits per heavy atom. The van der Waals surface area contributed by atoms with Crippen molar-refractivity contribution in [2.24, 2.45) is 5.16 Å². The van der Waals surface area contributed by atoms with Crippen LogP contribution < -0.4 is 25.3 Å². The number of amides is 4. The minimum atomic E-state index is -5.01. The molecule has 21 nitrogen and oxygen atoms in total. The van der Waals surface area contributed by atoms with Crippen molar-refractivity contribution in [2.75, 3.05) is 25.1 Å². The first-order chi connectivity index (χ1) is 26.0. The number of pyridine rings is 1. The molecule has 0 saturated carbocycles. The summed E-state index contributed by atoms with van der Waals surface area (Å²) < 4.78 is 55.7. The van der Waals surface area contributed by atoms with E-state index in [1.807, 2.05) is 27.9 Å². The van der Waals surface area contributed by atoms with Crippen LogP contribution in [0.2, 0.25) is 0 Å². The number of hydrogen-bond acceptors (Lipinski definition) is 15. The second-order valence-electron chi connectivity index (χ2n) is 14.7. The van der Waals surface area contributed by atoms with E-state index in [4.69, 9.17) is 23.6 Å². The fourth-order valence-corrected chi connectivity index (χ4v) is 5.94. The Balaban J connectivity index is 1.34. The van der Waals surface area contributed by atoms with Gasteiger partial charge in [0.1, 0.15) is 47.7 Å². The number of aryl methyl sites for hydroxylation is 1. The molecule has 4 rings (SSSR count). The van der Waals surface area contributed by atoms with Crippen molar-refractivity contribution in [1.82, 2.24) is 30.2 Å². The molecule has 1 fully saturated rings. The summed E-state index contributed by atoms with van der Waals surface area (Å²) in [5.41, 5.74) is -3.15. The highest BCUT2D eigenvalue weighted by Gasteiger charge is 2.58. The Bertz CT molecular complexity index is 2020. The quantitative estimate of drug-likeness (QED) is 0.0405. The zero-order valence-electron chi connectivity index (χ0n) is 32.1. The van der Waals surface area contributed by atoms with Gasteiger partial charge in [-0.15, -0.1) is 15.6 Å². The maximum atomic E-state index is 13.4. The number of hydroxylamine groups is 2. The number of anilines is 1. The van der Waals surface area contributed by atoms with E-state index < -0.39 is 57.2 Å². The van der Waals surface area contributed by atoms with Gasteiger partial charge in [-0.05, 0) is 61.5 Å². The number of thiazole rings is 1. The molecule has 1 aliphatic rings. The van der Waals surface area contributed by atoms with E-state index in [0.717, 1.165) is 11.3 Å². The largest absolute Gasteiger partial charge is 0.488 e. The second kappa shape index (κ2) is 17.6. The van der Waals surface area contributed by atoms with Crippen molar-refractivity contribution in [3.63, 3.8) is 0 Å². The molecule has 0 aliphatic carbocycles. The Morgan fingerprint density at radius 1 is 1.07 bits per heavy atom. The topological polar surface area (TPSA) is 255 Å². The summed E-state index contributed by atoms with van der Waals surface area (Å²) in [6.07, 6.45) is 6.55. The van der Waals surface area contributed by atoms with Gasteiger partial charge in [-0.25, -0.2) is 24.1 Å². The van der Waals surface area contributed by atoms with E-state index in [2.05, 4.69) is 35.4 Å². The number of ether oxygens (including phenoxy) is 3. The molecule has 3 aromatic heterocycles. The molecule has 23 heteroatoms. The Hall–Kier alpha value is -5.39. The van der Waals surface area contributed by atoms with Crippen LogP contribution in [0.3, 0.4) is 0 Å². The highest BCUT2D eigenvalue weighted by atomic mass is 32.3. The minimum Gasteiger partial charge on any atom is -0.488 e. The van der Waals surface area contributed by atoms with E-state index >= 15 is 0 Å². The summed E-state index contributed by atoms with van der Waals surface area (Å²) in [5.74, 6) is -0.835. The van der Waals surface area contributed by atoms with E-state index in [9.17, 15) is 27.6 Å². The summed E-state index contributed by atoms with van der Waals surface area (Å²) >= 11 is 0.962. The SMILES string of the molecule is CC(C)(C)OC(=O)NCCC[n+]1ccn(-c2ccc(OCCON=C(C(=O)NC3C(=O)N(OS(=O)(=O)O)C3(C)C)c3csc(NC(=O)OC(C)(C)C)n3)cn2)c1. The van der Waals surface area contributed by atoms with E-state index in [-0.39, 0.29) is 29.8 Å². The van der Waals surface area contributed by atoms with Crippen molar-refractivity contribution >= 4 is 56.6 Å². The van der Waals surface area contributed by atoms with Crippen molar-refractivity contribution in [1.29, 1.82) is 0 Å². The van der Waals surface area contributed by atoms with Crippen LogP contribution in [0.5, 0.6) is 5.75 Å². The summed E-state index contributed by atoms with van der Waals surface area (Å²) in [7, 11) is -5.01. The van der Waals surface area contributed by atoms with Gasteiger partial charge in [0, 0.05) is 24.4 Å². The average Bonchev–Trinajstić information content (AvgIpc) is 3.74. The number of β-lactam (4-membered cyclic amide) rings is 1. The first-order valence-corrected chi connectivity index (χ1v) is 19.4. The standard InChI is InChI=1S/C33H45N9O12S2/c1-31(2,3)52-29(45)34-12-9-13-40-14-15-41(20-40)23-11-10-21(18-35-23)50-16-17-51-39-24(22-19-55-28(36-22)38-30(46)53-32(4,5)6)26(43)37-25-27(44)42(33(25,7)8)54-56(47,48)49/h10-11,14-15,18-20,25H,9,12-13,16-17H2,1-8H3,(H3-,34,36,37,38,43,45,46,47,48,49)/p+1. The molecule has 0 aromatic carbocycles. The third-order valence-corrected chi connectivity index (χ3v) is 8.32. The molecule has 4 N–H and O–H groups in total. The lowest BCUT2D eigenvalue weighted by molar-refractivity contribution is -0.696. The number of rotatable bonds is 16. The van der Waals surface area contributed by atoms with Crippen LogP contribution in [0.1, 0.15) is 67.5 Å².